The Bertz CT molecular complexity index is 1160. The predicted octanol–water partition coefficient (Wildman–Crippen LogP) is 7.71. The fourth-order valence-corrected chi connectivity index (χ4v) is 4.67. The monoisotopic (exact) mass is 580 g/mol. The molecule has 4 N–H and O–H groups in total. The molecule has 9 nitrogen and oxygen atoms in total. The first-order chi connectivity index (χ1) is 20.2. The van der Waals surface area contributed by atoms with Gasteiger partial charge >= 0.3 is 11.9 Å². The lowest BCUT2D eigenvalue weighted by molar-refractivity contribution is -0.116. The molecule has 2 aromatic rings. The Balaban J connectivity index is 1.65. The molecular formula is C33H44N2O7. The van der Waals surface area contributed by atoms with Gasteiger partial charge in [-0.15, -0.1) is 0 Å². The molecule has 0 saturated carbocycles. The Morgan fingerprint density at radius 1 is 0.548 bits per heavy atom. The molecule has 0 radical (unpaired) electrons. The summed E-state index contributed by atoms with van der Waals surface area (Å²) >= 11 is 0. The Kier molecular flexibility index (Phi) is 15.6. The molecule has 0 bridgehead atoms. The highest BCUT2D eigenvalue weighted by Gasteiger charge is 2.16. The number of anilines is 2. The van der Waals surface area contributed by atoms with Crippen molar-refractivity contribution in [1.82, 2.24) is 0 Å². The molecule has 0 unspecified atom stereocenters. The summed E-state index contributed by atoms with van der Waals surface area (Å²) in [7, 11) is 0. The maximum Gasteiger partial charge on any atom is 0.335 e. The highest BCUT2D eigenvalue weighted by atomic mass is 16.4. The highest BCUT2D eigenvalue weighted by molar-refractivity contribution is 6.11. The molecule has 0 atom stereocenters. The molecule has 9 heteroatoms. The first-order valence-corrected chi connectivity index (χ1v) is 15.0. The molecule has 0 saturated heterocycles. The Hall–Kier alpha value is -4.01. The minimum atomic E-state index is -1.35. The molecule has 0 aliphatic carbocycles. The molecule has 2 amide bonds. The van der Waals surface area contributed by atoms with Crippen molar-refractivity contribution in [3.8, 4) is 0 Å². The molecular weight excluding hydrogens is 536 g/mol. The number of aromatic carboxylic acids is 2. The number of Topliss-reactive ketones (excluding diaryl/α,β-unsaturated/α-hetero) is 1. The number of hydrogen-bond acceptors (Lipinski definition) is 5. The first kappa shape index (κ1) is 34.2. The summed E-state index contributed by atoms with van der Waals surface area (Å²) in [5.41, 5.74) is 0.186. The quantitative estimate of drug-likeness (QED) is 0.0670. The van der Waals surface area contributed by atoms with Crippen molar-refractivity contribution in [1.29, 1.82) is 0 Å². The van der Waals surface area contributed by atoms with Gasteiger partial charge in [-0.3, -0.25) is 14.4 Å². The normalized spacial score (nSPS) is 10.7. The van der Waals surface area contributed by atoms with E-state index in [-0.39, 0.29) is 28.3 Å². The van der Waals surface area contributed by atoms with Crippen molar-refractivity contribution >= 4 is 40.9 Å². The van der Waals surface area contributed by atoms with Crippen LogP contribution < -0.4 is 10.6 Å². The van der Waals surface area contributed by atoms with Gasteiger partial charge in [0.1, 0.15) is 0 Å². The maximum atomic E-state index is 12.5. The summed E-state index contributed by atoms with van der Waals surface area (Å²) < 4.78 is 0. The molecule has 228 valence electrons. The van der Waals surface area contributed by atoms with Gasteiger partial charge in [-0.25, -0.2) is 9.59 Å². The number of carboxylic acid groups (broad SMARTS) is 2. The molecule has 0 fully saturated rings. The standard InChI is InChI=1S/C33H44N2O7/c1-2-3-4-5-6-7-8-9-10-11-12-13-14-15-30(37)34-27-18-16-24(17-19-27)29(36)23-31(38)35-28-21-25(32(39)40)20-26(22-28)33(41)42/h16-22H,2-15,23H2,1H3,(H,34,37)(H,35,38)(H,39,40)(H,41,42). The molecule has 42 heavy (non-hydrogen) atoms. The number of nitrogens with one attached hydrogen (secondary N) is 2. The average molecular weight is 581 g/mol. The largest absolute Gasteiger partial charge is 0.478 e. The first-order valence-electron chi connectivity index (χ1n) is 15.0. The third-order valence-corrected chi connectivity index (χ3v) is 7.03. The second-order valence-corrected chi connectivity index (χ2v) is 10.7. The Morgan fingerprint density at radius 3 is 1.48 bits per heavy atom. The van der Waals surface area contributed by atoms with Crippen LogP contribution in [0.1, 0.15) is 134 Å². The zero-order valence-electron chi connectivity index (χ0n) is 24.6. The maximum absolute atomic E-state index is 12.5. The lowest BCUT2D eigenvalue weighted by Gasteiger charge is -2.09. The van der Waals surface area contributed by atoms with E-state index in [0.29, 0.717) is 12.1 Å². The molecule has 0 aromatic heterocycles. The number of carboxylic acids is 2. The fourth-order valence-electron chi connectivity index (χ4n) is 4.67. The minimum Gasteiger partial charge on any atom is -0.478 e. The van der Waals surface area contributed by atoms with Crippen molar-refractivity contribution in [2.24, 2.45) is 0 Å². The molecule has 0 heterocycles. The zero-order valence-corrected chi connectivity index (χ0v) is 24.6. The number of ketones is 1. The lowest BCUT2D eigenvalue weighted by atomic mass is 10.0. The van der Waals surface area contributed by atoms with Gasteiger partial charge < -0.3 is 20.8 Å². The van der Waals surface area contributed by atoms with Crippen LogP contribution >= 0.6 is 0 Å². The van der Waals surface area contributed by atoms with Crippen molar-refractivity contribution in [2.75, 3.05) is 10.6 Å². The summed E-state index contributed by atoms with van der Waals surface area (Å²) in [6, 6.07) is 9.45. The smallest absolute Gasteiger partial charge is 0.335 e. The van der Waals surface area contributed by atoms with Crippen LogP contribution in [-0.4, -0.2) is 39.7 Å². The van der Waals surface area contributed by atoms with Gasteiger partial charge in [0.05, 0.1) is 17.5 Å². The summed E-state index contributed by atoms with van der Waals surface area (Å²) in [6.07, 6.45) is 16.1. The van der Waals surface area contributed by atoms with E-state index in [1.54, 1.807) is 12.1 Å². The number of amides is 2. The van der Waals surface area contributed by atoms with Crippen LogP contribution in [-0.2, 0) is 9.59 Å². The van der Waals surface area contributed by atoms with Crippen molar-refractivity contribution in [2.45, 2.75) is 103 Å². The minimum absolute atomic E-state index is 0.0355. The molecule has 0 aliphatic heterocycles. The van der Waals surface area contributed by atoms with Crippen LogP contribution in [0.25, 0.3) is 0 Å². The van der Waals surface area contributed by atoms with E-state index in [1.165, 1.54) is 76.3 Å². The molecule has 2 aromatic carbocycles. The third kappa shape index (κ3) is 13.6. The summed E-state index contributed by atoms with van der Waals surface area (Å²) in [5, 5.41) is 23.5. The van der Waals surface area contributed by atoms with E-state index in [4.69, 9.17) is 10.2 Å². The lowest BCUT2D eigenvalue weighted by Crippen LogP contribution is -2.17. The van der Waals surface area contributed by atoms with Gasteiger partial charge in [0.25, 0.3) is 0 Å². The SMILES string of the molecule is CCCCCCCCCCCCCCCC(=O)Nc1ccc(C(=O)CC(=O)Nc2cc(C(=O)O)cc(C(=O)O)c2)cc1. The van der Waals surface area contributed by atoms with Crippen LogP contribution in [0.3, 0.4) is 0 Å². The van der Waals surface area contributed by atoms with Crippen molar-refractivity contribution in [3.63, 3.8) is 0 Å². The predicted molar refractivity (Wildman–Crippen MR) is 163 cm³/mol. The Morgan fingerprint density at radius 2 is 1.00 bits per heavy atom. The Labute approximate surface area is 248 Å². The van der Waals surface area contributed by atoms with Gasteiger partial charge in [-0.2, -0.15) is 0 Å². The van der Waals surface area contributed by atoms with E-state index in [0.717, 1.165) is 37.5 Å². The van der Waals surface area contributed by atoms with E-state index in [9.17, 15) is 24.0 Å². The van der Waals surface area contributed by atoms with Crippen LogP contribution in [0.15, 0.2) is 42.5 Å². The summed E-state index contributed by atoms with van der Waals surface area (Å²) in [6.45, 7) is 2.24. The topological polar surface area (TPSA) is 150 Å². The third-order valence-electron chi connectivity index (χ3n) is 7.03. The number of hydrogen-bond donors (Lipinski definition) is 4. The molecule has 0 spiro atoms. The van der Waals surface area contributed by atoms with E-state index in [2.05, 4.69) is 17.6 Å². The number of carbonyl (C=O) groups is 5. The number of carbonyl (C=O) groups excluding carboxylic acids is 3. The summed E-state index contributed by atoms with van der Waals surface area (Å²) in [5.74, 6) is -3.97. The van der Waals surface area contributed by atoms with Gasteiger partial charge in [-0.05, 0) is 48.9 Å². The van der Waals surface area contributed by atoms with E-state index < -0.39 is 30.0 Å². The summed E-state index contributed by atoms with van der Waals surface area (Å²) in [4.78, 5) is 59.7. The number of unbranched alkanes of at least 4 members (excludes halogenated alkanes) is 12. The van der Waals surface area contributed by atoms with Gasteiger partial charge in [-0.1, -0.05) is 84.0 Å². The van der Waals surface area contributed by atoms with Gasteiger partial charge in [0, 0.05) is 23.4 Å². The van der Waals surface area contributed by atoms with Crippen LogP contribution in [0, 0.1) is 0 Å². The second kappa shape index (κ2) is 19.2. The van der Waals surface area contributed by atoms with Crippen molar-refractivity contribution < 1.29 is 34.2 Å². The number of benzene rings is 2. The molecule has 0 aliphatic rings. The fraction of sp³-hybridized carbons (Fsp3) is 0.485. The van der Waals surface area contributed by atoms with Crippen LogP contribution in [0.5, 0.6) is 0 Å². The van der Waals surface area contributed by atoms with Crippen molar-refractivity contribution in [3.05, 3.63) is 59.2 Å². The second-order valence-electron chi connectivity index (χ2n) is 10.7. The average Bonchev–Trinajstić information content (AvgIpc) is 2.95. The molecule has 2 rings (SSSR count). The van der Waals surface area contributed by atoms with Gasteiger partial charge in [0.15, 0.2) is 5.78 Å². The number of rotatable bonds is 21. The highest BCUT2D eigenvalue weighted by Crippen LogP contribution is 2.18. The zero-order chi connectivity index (χ0) is 30.7. The van der Waals surface area contributed by atoms with E-state index >= 15 is 0 Å². The van der Waals surface area contributed by atoms with Gasteiger partial charge in [0.2, 0.25) is 11.8 Å². The van der Waals surface area contributed by atoms with Crippen LogP contribution in [0.2, 0.25) is 0 Å². The van der Waals surface area contributed by atoms with Crippen LogP contribution in [0.4, 0.5) is 11.4 Å². The van der Waals surface area contributed by atoms with E-state index in [1.807, 2.05) is 0 Å².